The van der Waals surface area contributed by atoms with Crippen molar-refractivity contribution in [3.8, 4) is 79.2 Å². The second-order valence-electron chi connectivity index (χ2n) is 13.4. The summed E-state index contributed by atoms with van der Waals surface area (Å²) in [6.07, 6.45) is 7.03. The van der Waals surface area contributed by atoms with Crippen LogP contribution >= 0.6 is 0 Å². The average molecular weight is 718 g/mol. The molecular weight excluding hydrogens is 687 g/mol. The largest absolute Gasteiger partial charge is 0.264 e. The molecule has 4 heterocycles. The molecular formula is C49H31N7. The van der Waals surface area contributed by atoms with Crippen molar-refractivity contribution in [3.63, 3.8) is 0 Å². The Morgan fingerprint density at radius 2 is 0.625 bits per heavy atom. The second-order valence-corrected chi connectivity index (χ2v) is 13.4. The fourth-order valence-electron chi connectivity index (χ4n) is 7.28. The van der Waals surface area contributed by atoms with Crippen molar-refractivity contribution in [1.82, 2.24) is 34.9 Å². The Kier molecular flexibility index (Phi) is 8.35. The summed E-state index contributed by atoms with van der Waals surface area (Å²) in [5.41, 5.74) is 9.53. The molecule has 56 heavy (non-hydrogen) atoms. The van der Waals surface area contributed by atoms with Gasteiger partial charge in [-0.3, -0.25) is 9.97 Å². The van der Waals surface area contributed by atoms with E-state index in [4.69, 9.17) is 24.9 Å². The molecule has 0 aliphatic carbocycles. The van der Waals surface area contributed by atoms with Crippen LogP contribution in [-0.4, -0.2) is 34.9 Å². The third-order valence-electron chi connectivity index (χ3n) is 9.96. The van der Waals surface area contributed by atoms with Gasteiger partial charge in [-0.15, -0.1) is 0 Å². The lowest BCUT2D eigenvalue weighted by Gasteiger charge is -2.16. The lowest BCUT2D eigenvalue weighted by molar-refractivity contribution is 1.07. The topological polar surface area (TPSA) is 90.2 Å². The molecule has 0 unspecified atom stereocenters. The van der Waals surface area contributed by atoms with Crippen molar-refractivity contribution in [3.05, 3.63) is 189 Å². The third kappa shape index (κ3) is 6.13. The first-order valence-electron chi connectivity index (χ1n) is 18.4. The molecule has 0 saturated heterocycles. The first-order chi connectivity index (χ1) is 27.8. The summed E-state index contributed by atoms with van der Waals surface area (Å²) in [5.74, 6) is 2.35. The van der Waals surface area contributed by atoms with E-state index in [9.17, 15) is 0 Å². The number of hydrogen-bond acceptors (Lipinski definition) is 7. The Balaban J connectivity index is 1.14. The van der Waals surface area contributed by atoms with Crippen LogP contribution in [0, 0.1) is 0 Å². The quantitative estimate of drug-likeness (QED) is 0.162. The average Bonchev–Trinajstić information content (AvgIpc) is 3.29. The number of aromatic nitrogens is 7. The van der Waals surface area contributed by atoms with E-state index in [2.05, 4.69) is 113 Å². The fourth-order valence-corrected chi connectivity index (χ4v) is 7.28. The Morgan fingerprint density at radius 1 is 0.268 bits per heavy atom. The number of benzene rings is 6. The lowest BCUT2D eigenvalue weighted by atomic mass is 9.90. The van der Waals surface area contributed by atoms with Gasteiger partial charge in [0, 0.05) is 58.2 Å². The zero-order valence-electron chi connectivity index (χ0n) is 30.0. The van der Waals surface area contributed by atoms with Crippen LogP contribution in [0.3, 0.4) is 0 Å². The van der Waals surface area contributed by atoms with E-state index in [1.165, 1.54) is 0 Å². The normalized spacial score (nSPS) is 11.2. The molecule has 6 aromatic carbocycles. The highest BCUT2D eigenvalue weighted by atomic mass is 15.0. The molecule has 0 aliphatic rings. The van der Waals surface area contributed by atoms with Gasteiger partial charge in [0.1, 0.15) is 0 Å². The number of hydrogen-bond donors (Lipinski definition) is 0. The van der Waals surface area contributed by atoms with Crippen molar-refractivity contribution in [2.45, 2.75) is 0 Å². The van der Waals surface area contributed by atoms with Crippen LogP contribution < -0.4 is 0 Å². The smallest absolute Gasteiger partial charge is 0.165 e. The molecule has 0 amide bonds. The van der Waals surface area contributed by atoms with Gasteiger partial charge < -0.3 is 0 Å². The van der Waals surface area contributed by atoms with Crippen LogP contribution in [0.1, 0.15) is 0 Å². The van der Waals surface area contributed by atoms with Gasteiger partial charge in [-0.05, 0) is 75.1 Å². The molecule has 0 atom stereocenters. The van der Waals surface area contributed by atoms with E-state index >= 15 is 0 Å². The monoisotopic (exact) mass is 717 g/mol. The van der Waals surface area contributed by atoms with Crippen LogP contribution in [0.5, 0.6) is 0 Å². The Hall–Kier alpha value is -7.77. The highest BCUT2D eigenvalue weighted by Gasteiger charge is 2.19. The fraction of sp³-hybridized carbons (Fsp3) is 0. The molecule has 0 saturated carbocycles. The number of nitrogens with zero attached hydrogens (tertiary/aromatic N) is 7. The third-order valence-corrected chi connectivity index (χ3v) is 9.96. The van der Waals surface area contributed by atoms with Gasteiger partial charge in [0.15, 0.2) is 23.3 Å². The first-order valence-corrected chi connectivity index (χ1v) is 18.4. The van der Waals surface area contributed by atoms with Crippen molar-refractivity contribution in [1.29, 1.82) is 0 Å². The highest BCUT2D eigenvalue weighted by molar-refractivity contribution is 6.11. The van der Waals surface area contributed by atoms with Crippen molar-refractivity contribution in [2.24, 2.45) is 0 Å². The van der Waals surface area contributed by atoms with Gasteiger partial charge in [-0.2, -0.15) is 0 Å². The second kappa shape index (κ2) is 14.2. The molecule has 0 spiro atoms. The van der Waals surface area contributed by atoms with Gasteiger partial charge in [-0.1, -0.05) is 121 Å². The number of rotatable bonds is 7. The Bertz CT molecular complexity index is 2690. The predicted octanol–water partition coefficient (Wildman–Crippen LogP) is 11.4. The maximum atomic E-state index is 5.17. The molecule has 7 nitrogen and oxygen atoms in total. The predicted molar refractivity (Wildman–Crippen MR) is 224 cm³/mol. The molecule has 10 aromatic rings. The van der Waals surface area contributed by atoms with Crippen LogP contribution in [0.15, 0.2) is 189 Å². The summed E-state index contributed by atoms with van der Waals surface area (Å²) in [5, 5.41) is 4.30. The maximum Gasteiger partial charge on any atom is 0.165 e. The summed E-state index contributed by atoms with van der Waals surface area (Å²) < 4.78 is 0. The van der Waals surface area contributed by atoms with Gasteiger partial charge in [0.2, 0.25) is 0 Å². The lowest BCUT2D eigenvalue weighted by Crippen LogP contribution is -2.01. The minimum atomic E-state index is 0.547. The summed E-state index contributed by atoms with van der Waals surface area (Å²) in [6, 6.07) is 55.9. The van der Waals surface area contributed by atoms with Crippen LogP contribution in [0.25, 0.3) is 101 Å². The van der Waals surface area contributed by atoms with Gasteiger partial charge in [0.05, 0.1) is 11.4 Å². The molecule has 0 fully saturated rings. The molecule has 262 valence electrons. The molecule has 0 radical (unpaired) electrons. The summed E-state index contributed by atoms with van der Waals surface area (Å²) in [6.45, 7) is 0. The van der Waals surface area contributed by atoms with Gasteiger partial charge in [0.25, 0.3) is 0 Å². The maximum absolute atomic E-state index is 5.17. The standard InChI is InChI=1S/C49H31N7/c1-3-13-32(14-4-1)44-29-45(33-15-5-2-6-16-33)53-48(52-44)42-25-23-40(36-19-7-9-21-38(36)42)41-24-26-43(39-22-10-8-20-37(39)41)49-55-46(34-17-11-27-50-30-34)54-47(56-49)35-18-12-28-51-31-35/h1-31H. The molecule has 0 bridgehead atoms. The minimum Gasteiger partial charge on any atom is -0.264 e. The molecule has 0 N–H and O–H groups in total. The summed E-state index contributed by atoms with van der Waals surface area (Å²) in [7, 11) is 0. The van der Waals surface area contributed by atoms with E-state index in [1.54, 1.807) is 24.8 Å². The Labute approximate surface area is 323 Å². The summed E-state index contributed by atoms with van der Waals surface area (Å²) >= 11 is 0. The molecule has 7 heteroatoms. The molecule has 4 aromatic heterocycles. The van der Waals surface area contributed by atoms with Crippen LogP contribution in [0.2, 0.25) is 0 Å². The van der Waals surface area contributed by atoms with Gasteiger partial charge >= 0.3 is 0 Å². The molecule has 0 aliphatic heterocycles. The van der Waals surface area contributed by atoms with E-state index in [1.807, 2.05) is 60.7 Å². The van der Waals surface area contributed by atoms with E-state index in [0.717, 1.165) is 77.4 Å². The van der Waals surface area contributed by atoms with E-state index < -0.39 is 0 Å². The van der Waals surface area contributed by atoms with Crippen LogP contribution in [-0.2, 0) is 0 Å². The molecule has 10 rings (SSSR count). The Morgan fingerprint density at radius 3 is 1.05 bits per heavy atom. The minimum absolute atomic E-state index is 0.547. The van der Waals surface area contributed by atoms with E-state index in [-0.39, 0.29) is 0 Å². The van der Waals surface area contributed by atoms with Crippen molar-refractivity contribution < 1.29 is 0 Å². The summed E-state index contributed by atoms with van der Waals surface area (Å²) in [4.78, 5) is 33.8. The zero-order chi connectivity index (χ0) is 37.3. The highest BCUT2D eigenvalue weighted by Crippen LogP contribution is 2.41. The van der Waals surface area contributed by atoms with Gasteiger partial charge in [-0.25, -0.2) is 24.9 Å². The first kappa shape index (κ1) is 32.8. The zero-order valence-corrected chi connectivity index (χ0v) is 30.0. The number of pyridine rings is 2. The van der Waals surface area contributed by atoms with Crippen molar-refractivity contribution >= 4 is 21.5 Å². The van der Waals surface area contributed by atoms with Crippen LogP contribution in [0.4, 0.5) is 0 Å². The van der Waals surface area contributed by atoms with E-state index in [0.29, 0.717) is 23.3 Å². The number of fused-ring (bicyclic) bond motifs is 2. The SMILES string of the molecule is c1ccc(-c2cc(-c3ccccc3)nc(-c3ccc(-c4ccc(-c5nc(-c6cccnc6)nc(-c6cccnc6)n5)c5ccccc45)c4ccccc34)n2)cc1. The van der Waals surface area contributed by atoms with Crippen molar-refractivity contribution in [2.75, 3.05) is 0 Å².